The molecule has 1 rings (SSSR count). The number of rotatable bonds is 2. The fraction of sp³-hybridized carbons (Fsp3) is 0.700. The van der Waals surface area contributed by atoms with Crippen LogP contribution in [-0.4, -0.2) is 0 Å². The predicted octanol–water partition coefficient (Wildman–Crippen LogP) is 7.58. The molecule has 1 aliphatic rings. The molecule has 0 radical (unpaired) electrons. The molecule has 0 amide bonds. The van der Waals surface area contributed by atoms with Gasteiger partial charge in [0, 0.05) is 0 Å². The van der Waals surface area contributed by atoms with Gasteiger partial charge in [-0.3, -0.25) is 0 Å². The average molecular weight is 281 g/mol. The Morgan fingerprint density at radius 3 is 1.90 bits per heavy atom. The molecule has 0 spiro atoms. The minimum Gasteiger partial charge on any atom is -0.103 e. The molecule has 0 aliphatic heterocycles. The van der Waals surface area contributed by atoms with Gasteiger partial charge in [0.15, 0.2) is 0 Å². The van der Waals surface area contributed by atoms with Crippen LogP contribution in [0.15, 0.2) is 37.5 Å². The van der Waals surface area contributed by atoms with E-state index < -0.39 is 0 Å². The smallest absolute Gasteiger partial charge is 0.0234 e. The van der Waals surface area contributed by atoms with E-state index in [1.807, 2.05) is 26.8 Å². The van der Waals surface area contributed by atoms with Gasteiger partial charge in [0.2, 0.25) is 0 Å². The first kappa shape index (κ1) is 24.3. The second-order valence-electron chi connectivity index (χ2n) is 5.00. The van der Waals surface area contributed by atoms with Crippen molar-refractivity contribution in [3.8, 4) is 0 Å². The molecule has 0 aromatic rings. The number of hydrogen-bond donors (Lipinski definition) is 0. The van der Waals surface area contributed by atoms with Gasteiger partial charge in [-0.1, -0.05) is 71.3 Å². The molecular formula is C20H40. The van der Waals surface area contributed by atoms with Crippen LogP contribution in [0.5, 0.6) is 0 Å². The van der Waals surface area contributed by atoms with Crippen LogP contribution in [0.2, 0.25) is 0 Å². The maximum atomic E-state index is 3.48. The van der Waals surface area contributed by atoms with Gasteiger partial charge in [0.1, 0.15) is 0 Å². The highest BCUT2D eigenvalue weighted by Crippen LogP contribution is 2.27. The summed E-state index contributed by atoms with van der Waals surface area (Å²) in [6.07, 6.45) is 16.5. The van der Waals surface area contributed by atoms with Crippen LogP contribution in [0.3, 0.4) is 0 Å². The predicted molar refractivity (Wildman–Crippen MR) is 98.3 cm³/mol. The zero-order valence-corrected chi connectivity index (χ0v) is 15.1. The highest BCUT2D eigenvalue weighted by atomic mass is 14.2. The molecule has 1 saturated carbocycles. The Hall–Kier alpha value is -0.780. The summed E-state index contributed by atoms with van der Waals surface area (Å²) in [5, 5.41) is 0. The zero-order chi connectivity index (χ0) is 16.2. The van der Waals surface area contributed by atoms with E-state index in [0.717, 1.165) is 18.3 Å². The lowest BCUT2D eigenvalue weighted by Gasteiger charge is -2.07. The fourth-order valence-corrected chi connectivity index (χ4v) is 1.98. The average Bonchev–Trinajstić information content (AvgIpc) is 2.68. The molecule has 2 unspecified atom stereocenters. The molecule has 2 atom stereocenters. The maximum Gasteiger partial charge on any atom is -0.0234 e. The van der Waals surface area contributed by atoms with Crippen molar-refractivity contribution in [2.45, 2.75) is 80.1 Å². The van der Waals surface area contributed by atoms with Crippen LogP contribution >= 0.6 is 0 Å². The Labute approximate surface area is 130 Å². The summed E-state index contributed by atoms with van der Waals surface area (Å²) >= 11 is 0. The zero-order valence-electron chi connectivity index (χ0n) is 15.1. The lowest BCUT2D eigenvalue weighted by atomic mass is 9.99. The van der Waals surface area contributed by atoms with Crippen LogP contribution in [0.4, 0.5) is 0 Å². The van der Waals surface area contributed by atoms with Crippen molar-refractivity contribution in [3.63, 3.8) is 0 Å². The fourth-order valence-electron chi connectivity index (χ4n) is 1.98. The van der Waals surface area contributed by atoms with Crippen molar-refractivity contribution >= 4 is 0 Å². The van der Waals surface area contributed by atoms with Crippen LogP contribution in [0.1, 0.15) is 80.1 Å². The lowest BCUT2D eigenvalue weighted by Crippen LogP contribution is -1.93. The molecular weight excluding hydrogens is 240 g/mol. The van der Waals surface area contributed by atoms with E-state index >= 15 is 0 Å². The molecule has 120 valence electrons. The lowest BCUT2D eigenvalue weighted by molar-refractivity contribution is 0.494. The van der Waals surface area contributed by atoms with Gasteiger partial charge in [-0.05, 0) is 44.9 Å². The van der Waals surface area contributed by atoms with Gasteiger partial charge in [-0.2, -0.15) is 0 Å². The van der Waals surface area contributed by atoms with E-state index in [1.165, 1.54) is 32.1 Å². The van der Waals surface area contributed by atoms with Gasteiger partial charge in [-0.15, -0.1) is 13.2 Å². The van der Waals surface area contributed by atoms with Crippen molar-refractivity contribution in [2.75, 3.05) is 0 Å². The second-order valence-corrected chi connectivity index (χ2v) is 5.00. The summed E-state index contributed by atoms with van der Waals surface area (Å²) in [6.45, 7) is 19.3. The maximum absolute atomic E-state index is 3.48. The summed E-state index contributed by atoms with van der Waals surface area (Å²) in [5.74, 6) is 1.87. The molecule has 20 heavy (non-hydrogen) atoms. The Kier molecular flexibility index (Phi) is 28.3. The van der Waals surface area contributed by atoms with Crippen LogP contribution in [-0.2, 0) is 0 Å². The van der Waals surface area contributed by atoms with Gasteiger partial charge in [0.25, 0.3) is 0 Å². The summed E-state index contributed by atoms with van der Waals surface area (Å²) in [6, 6.07) is 0. The molecule has 0 bridgehead atoms. The monoisotopic (exact) mass is 280 g/mol. The first-order chi connectivity index (χ1) is 9.65. The first-order valence-electron chi connectivity index (χ1n) is 8.46. The Bertz CT molecular complexity index is 200. The van der Waals surface area contributed by atoms with E-state index in [1.54, 1.807) is 6.08 Å². The van der Waals surface area contributed by atoms with E-state index in [4.69, 9.17) is 0 Å². The van der Waals surface area contributed by atoms with E-state index in [0.29, 0.717) is 0 Å². The first-order valence-corrected chi connectivity index (χ1v) is 8.46. The van der Waals surface area contributed by atoms with Crippen LogP contribution in [0.25, 0.3) is 0 Å². The molecule has 1 fully saturated rings. The van der Waals surface area contributed by atoms with Crippen molar-refractivity contribution in [1.82, 2.24) is 0 Å². The second kappa shape index (κ2) is 23.3. The molecule has 0 N–H and O–H groups in total. The van der Waals surface area contributed by atoms with Gasteiger partial charge in [-0.25, -0.2) is 0 Å². The van der Waals surface area contributed by atoms with E-state index in [-0.39, 0.29) is 0 Å². The molecule has 0 heteroatoms. The van der Waals surface area contributed by atoms with Crippen LogP contribution < -0.4 is 0 Å². The molecule has 0 aromatic heterocycles. The molecule has 0 nitrogen and oxygen atoms in total. The van der Waals surface area contributed by atoms with Crippen molar-refractivity contribution in [1.29, 1.82) is 0 Å². The molecule has 0 aromatic carbocycles. The third-order valence-electron chi connectivity index (χ3n) is 3.06. The van der Waals surface area contributed by atoms with Gasteiger partial charge < -0.3 is 0 Å². The largest absolute Gasteiger partial charge is 0.103 e. The normalized spacial score (nSPS) is 20.9. The summed E-state index contributed by atoms with van der Waals surface area (Å²) in [7, 11) is 0. The van der Waals surface area contributed by atoms with Crippen molar-refractivity contribution < 1.29 is 0 Å². The van der Waals surface area contributed by atoms with Crippen LogP contribution in [0, 0.1) is 11.8 Å². The molecule has 0 heterocycles. The summed E-state index contributed by atoms with van der Waals surface area (Å²) in [4.78, 5) is 0. The van der Waals surface area contributed by atoms with E-state index in [9.17, 15) is 0 Å². The third kappa shape index (κ3) is 22.4. The van der Waals surface area contributed by atoms with Gasteiger partial charge >= 0.3 is 0 Å². The Morgan fingerprint density at radius 1 is 1.00 bits per heavy atom. The minimum absolute atomic E-state index is 0.893. The van der Waals surface area contributed by atoms with E-state index in [2.05, 4.69) is 46.1 Å². The summed E-state index contributed by atoms with van der Waals surface area (Å²) in [5.41, 5.74) is 0. The Morgan fingerprint density at radius 2 is 1.50 bits per heavy atom. The number of hydrogen-bond acceptors (Lipinski definition) is 0. The standard InChI is InChI=1S/C11H20.C4H8.C3H6.C2H6/c1-3-5-11-7-4-6-10(2)8-9-11;1-3-4-2;1-3-2;1-2/h3,5,10-11H,4,6-9H2,1-2H3;3H,1,4H2,2H3;3H,1H2,2H3;1-2H3/b5-3+;;;. The molecule has 0 saturated heterocycles. The summed E-state index contributed by atoms with van der Waals surface area (Å²) < 4.78 is 0. The van der Waals surface area contributed by atoms with Gasteiger partial charge in [0.05, 0.1) is 0 Å². The quantitative estimate of drug-likeness (QED) is 0.361. The van der Waals surface area contributed by atoms with Crippen molar-refractivity contribution in [3.05, 3.63) is 37.5 Å². The molecule has 1 aliphatic carbocycles. The van der Waals surface area contributed by atoms with Crippen molar-refractivity contribution in [2.24, 2.45) is 11.8 Å². The highest BCUT2D eigenvalue weighted by molar-refractivity contribution is 4.87. The number of allylic oxidation sites excluding steroid dienone is 4. The SMILES string of the molecule is C/C=C/C1CCCC(C)CC1.C=CC.C=CCC.CC. The highest BCUT2D eigenvalue weighted by Gasteiger charge is 2.12. The topological polar surface area (TPSA) is 0 Å². The third-order valence-corrected chi connectivity index (χ3v) is 3.06. The minimum atomic E-state index is 0.893. The Balaban J connectivity index is -0.000000269.